The summed E-state index contributed by atoms with van der Waals surface area (Å²) in [7, 11) is 0. The number of thiol groups is 1. The molecule has 15 heavy (non-hydrogen) atoms. The Morgan fingerprint density at radius 2 is 1.80 bits per heavy atom. The molecule has 0 amide bonds. The van der Waals surface area contributed by atoms with Crippen LogP contribution in [0.3, 0.4) is 0 Å². The van der Waals surface area contributed by atoms with Crippen LogP contribution >= 0.6 is 12.6 Å². The highest BCUT2D eigenvalue weighted by Crippen LogP contribution is 2.32. The van der Waals surface area contributed by atoms with E-state index in [1.807, 2.05) is 20.8 Å². The first-order valence-electron chi connectivity index (χ1n) is 6.12. The lowest BCUT2D eigenvalue weighted by Gasteiger charge is -2.28. The lowest BCUT2D eigenvalue weighted by atomic mass is 9.81. The van der Waals surface area contributed by atoms with Crippen LogP contribution in [0.15, 0.2) is 0 Å². The number of carbonyl (C=O) groups is 1. The molecule has 0 spiro atoms. The van der Waals surface area contributed by atoms with Crippen molar-refractivity contribution in [1.29, 1.82) is 0 Å². The molecule has 1 aliphatic carbocycles. The molecule has 0 aromatic heterocycles. The van der Waals surface area contributed by atoms with Gasteiger partial charge >= 0.3 is 0 Å². The minimum atomic E-state index is -0.199. The van der Waals surface area contributed by atoms with Crippen molar-refractivity contribution in [3.8, 4) is 0 Å². The Balaban J connectivity index is 2.40. The van der Waals surface area contributed by atoms with Crippen molar-refractivity contribution in [2.45, 2.75) is 64.5 Å². The van der Waals surface area contributed by atoms with Gasteiger partial charge in [-0.1, -0.05) is 40.0 Å². The van der Waals surface area contributed by atoms with E-state index >= 15 is 0 Å². The molecule has 0 aromatic carbocycles. The summed E-state index contributed by atoms with van der Waals surface area (Å²) in [6, 6.07) is 0. The second-order valence-electron chi connectivity index (χ2n) is 5.84. The Bertz CT molecular complexity index is 211. The van der Waals surface area contributed by atoms with E-state index in [-0.39, 0.29) is 10.7 Å². The maximum absolute atomic E-state index is 11.9. The molecule has 0 saturated heterocycles. The van der Waals surface area contributed by atoms with Gasteiger partial charge < -0.3 is 0 Å². The molecule has 1 fully saturated rings. The molecule has 0 bridgehead atoms. The van der Waals surface area contributed by atoms with Crippen molar-refractivity contribution in [3.05, 3.63) is 0 Å². The molecule has 1 nitrogen and oxygen atoms in total. The van der Waals surface area contributed by atoms with Crippen molar-refractivity contribution in [3.63, 3.8) is 0 Å². The summed E-state index contributed by atoms with van der Waals surface area (Å²) < 4.78 is 0. The van der Waals surface area contributed by atoms with Crippen LogP contribution in [-0.2, 0) is 4.79 Å². The van der Waals surface area contributed by atoms with Crippen LogP contribution in [-0.4, -0.2) is 11.0 Å². The fourth-order valence-corrected chi connectivity index (χ4v) is 2.65. The molecule has 0 N–H and O–H groups in total. The fourth-order valence-electron chi connectivity index (χ4n) is 2.18. The van der Waals surface area contributed by atoms with Crippen LogP contribution in [0.2, 0.25) is 0 Å². The first kappa shape index (κ1) is 13.1. The largest absolute Gasteiger partial charge is 0.299 e. The summed E-state index contributed by atoms with van der Waals surface area (Å²) in [5.74, 6) is 1.03. The Morgan fingerprint density at radius 3 is 2.27 bits per heavy atom. The van der Waals surface area contributed by atoms with Crippen LogP contribution in [0.25, 0.3) is 0 Å². The van der Waals surface area contributed by atoms with Gasteiger partial charge in [-0.2, -0.15) is 12.6 Å². The molecule has 1 aliphatic rings. The molecule has 1 atom stereocenters. The summed E-state index contributed by atoms with van der Waals surface area (Å²) in [4.78, 5) is 11.9. The SMILES string of the molecule is CC(C)(C)C(=O)CC(S)C1CCCCC1. The van der Waals surface area contributed by atoms with Crippen LogP contribution in [0, 0.1) is 11.3 Å². The van der Waals surface area contributed by atoms with E-state index in [2.05, 4.69) is 12.6 Å². The van der Waals surface area contributed by atoms with E-state index in [0.717, 1.165) is 0 Å². The minimum Gasteiger partial charge on any atom is -0.299 e. The number of ketones is 1. The van der Waals surface area contributed by atoms with Crippen molar-refractivity contribution in [2.24, 2.45) is 11.3 Å². The quantitative estimate of drug-likeness (QED) is 0.726. The highest BCUT2D eigenvalue weighted by molar-refractivity contribution is 7.81. The Morgan fingerprint density at radius 1 is 1.27 bits per heavy atom. The van der Waals surface area contributed by atoms with Gasteiger partial charge in [0.05, 0.1) is 0 Å². The van der Waals surface area contributed by atoms with Crippen LogP contribution < -0.4 is 0 Å². The Labute approximate surface area is 99.4 Å². The lowest BCUT2D eigenvalue weighted by molar-refractivity contribution is -0.126. The van der Waals surface area contributed by atoms with Gasteiger partial charge in [0.1, 0.15) is 5.78 Å². The predicted octanol–water partition coefficient (Wildman–Crippen LogP) is 3.87. The van der Waals surface area contributed by atoms with Gasteiger partial charge in [0.25, 0.3) is 0 Å². The van der Waals surface area contributed by atoms with E-state index in [4.69, 9.17) is 0 Å². The second-order valence-corrected chi connectivity index (χ2v) is 6.51. The van der Waals surface area contributed by atoms with Crippen molar-refractivity contribution >= 4 is 18.4 Å². The third-order valence-corrected chi connectivity index (χ3v) is 4.03. The van der Waals surface area contributed by atoms with E-state index in [1.165, 1.54) is 32.1 Å². The van der Waals surface area contributed by atoms with Crippen LogP contribution in [0.5, 0.6) is 0 Å². The van der Waals surface area contributed by atoms with Crippen molar-refractivity contribution in [1.82, 2.24) is 0 Å². The second kappa shape index (κ2) is 5.38. The molecule has 0 heterocycles. The van der Waals surface area contributed by atoms with Crippen LogP contribution in [0.1, 0.15) is 59.3 Å². The number of hydrogen-bond acceptors (Lipinski definition) is 2. The first-order valence-corrected chi connectivity index (χ1v) is 6.64. The summed E-state index contributed by atoms with van der Waals surface area (Å²) in [6.07, 6.45) is 7.20. The predicted molar refractivity (Wildman–Crippen MR) is 68.4 cm³/mol. The highest BCUT2D eigenvalue weighted by Gasteiger charge is 2.27. The molecule has 0 aromatic rings. The average molecular weight is 228 g/mol. The molecular weight excluding hydrogens is 204 g/mol. The minimum absolute atomic E-state index is 0.199. The molecule has 0 aliphatic heterocycles. The molecule has 1 unspecified atom stereocenters. The van der Waals surface area contributed by atoms with Gasteiger partial charge in [-0.3, -0.25) is 4.79 Å². The zero-order chi connectivity index (χ0) is 11.5. The van der Waals surface area contributed by atoms with Gasteiger partial charge in [-0.15, -0.1) is 0 Å². The fraction of sp³-hybridized carbons (Fsp3) is 0.923. The third kappa shape index (κ3) is 4.18. The summed E-state index contributed by atoms with van der Waals surface area (Å²) in [6.45, 7) is 5.99. The monoisotopic (exact) mass is 228 g/mol. The van der Waals surface area contributed by atoms with E-state index in [1.54, 1.807) is 0 Å². The topological polar surface area (TPSA) is 17.1 Å². The van der Waals surface area contributed by atoms with E-state index in [0.29, 0.717) is 18.1 Å². The number of Topliss-reactive ketones (excluding diaryl/α,β-unsaturated/α-hetero) is 1. The van der Waals surface area contributed by atoms with E-state index in [9.17, 15) is 4.79 Å². The number of hydrogen-bond donors (Lipinski definition) is 1. The van der Waals surface area contributed by atoms with Gasteiger partial charge in [0, 0.05) is 17.1 Å². The Kier molecular flexibility index (Phi) is 4.69. The van der Waals surface area contributed by atoms with Crippen molar-refractivity contribution in [2.75, 3.05) is 0 Å². The van der Waals surface area contributed by atoms with Crippen molar-refractivity contribution < 1.29 is 4.79 Å². The molecular formula is C13H24OS. The lowest BCUT2D eigenvalue weighted by Crippen LogP contribution is -2.27. The molecule has 2 heteroatoms. The smallest absolute Gasteiger partial charge is 0.139 e. The maximum Gasteiger partial charge on any atom is 0.139 e. The van der Waals surface area contributed by atoms with Gasteiger partial charge in [0.2, 0.25) is 0 Å². The molecule has 1 rings (SSSR count). The standard InChI is InChI=1S/C13H24OS/c1-13(2,3)12(14)9-11(15)10-7-5-4-6-8-10/h10-11,15H,4-9H2,1-3H3. The normalized spacial score (nSPS) is 21.3. The highest BCUT2D eigenvalue weighted by atomic mass is 32.1. The number of carbonyl (C=O) groups excluding carboxylic acids is 1. The maximum atomic E-state index is 11.9. The van der Waals surface area contributed by atoms with Gasteiger partial charge in [-0.05, 0) is 18.8 Å². The summed E-state index contributed by atoms with van der Waals surface area (Å²) in [5.41, 5.74) is -0.199. The molecule has 88 valence electrons. The van der Waals surface area contributed by atoms with Crippen LogP contribution in [0.4, 0.5) is 0 Å². The third-order valence-electron chi connectivity index (χ3n) is 3.43. The summed E-state index contributed by atoms with van der Waals surface area (Å²) >= 11 is 4.62. The van der Waals surface area contributed by atoms with Gasteiger partial charge in [0.15, 0.2) is 0 Å². The number of rotatable bonds is 3. The first-order chi connectivity index (χ1) is 6.91. The van der Waals surface area contributed by atoms with Gasteiger partial charge in [-0.25, -0.2) is 0 Å². The molecule has 0 radical (unpaired) electrons. The summed E-state index contributed by atoms with van der Waals surface area (Å²) in [5, 5.41) is 0.289. The molecule has 1 saturated carbocycles. The zero-order valence-electron chi connectivity index (χ0n) is 10.3. The zero-order valence-corrected chi connectivity index (χ0v) is 11.1. The van der Waals surface area contributed by atoms with E-state index < -0.39 is 0 Å². The average Bonchev–Trinajstić information content (AvgIpc) is 2.17. The Hall–Kier alpha value is 0.0200.